The molecule has 0 aromatic heterocycles. The van der Waals surface area contributed by atoms with Crippen LogP contribution in [0, 0.1) is 5.92 Å². The summed E-state index contributed by atoms with van der Waals surface area (Å²) in [4.78, 5) is 16.3. The fourth-order valence-corrected chi connectivity index (χ4v) is 3.93. The molecule has 3 saturated heterocycles. The highest BCUT2D eigenvalue weighted by Crippen LogP contribution is 2.41. The van der Waals surface area contributed by atoms with E-state index in [-0.39, 0.29) is 18.0 Å². The number of amides is 1. The number of hydrogen-bond donors (Lipinski definition) is 0. The van der Waals surface area contributed by atoms with Gasteiger partial charge >= 0.3 is 0 Å². The second-order valence-electron chi connectivity index (χ2n) is 6.27. The molecule has 3 fully saturated rings. The van der Waals surface area contributed by atoms with Crippen LogP contribution in [-0.4, -0.2) is 47.9 Å². The minimum atomic E-state index is -3.36. The molecule has 116 valence electrons. The molecule has 5 aliphatic rings. The molecule has 4 heterocycles. The quantitative estimate of drug-likeness (QED) is 0.796. The fraction of sp³-hybridized carbons (Fsp3) is 0.632. The van der Waals surface area contributed by atoms with E-state index in [0.717, 1.165) is 0 Å². The van der Waals surface area contributed by atoms with Crippen LogP contribution < -0.4 is 0 Å². The molecule has 3 heteroatoms. The van der Waals surface area contributed by atoms with Crippen molar-refractivity contribution in [2.24, 2.45) is 5.92 Å². The topological polar surface area (TPSA) is 23.6 Å². The predicted molar refractivity (Wildman–Crippen MR) is 86.1 cm³/mol. The van der Waals surface area contributed by atoms with Crippen LogP contribution in [0.5, 0.6) is 0 Å². The number of rotatable bonds is 1. The number of benzene rings is 1. The van der Waals surface area contributed by atoms with Crippen LogP contribution in [0.25, 0.3) is 0 Å². The van der Waals surface area contributed by atoms with E-state index < -0.39 is 54.6 Å². The summed E-state index contributed by atoms with van der Waals surface area (Å²) in [5.41, 5.74) is -1.09. The summed E-state index contributed by atoms with van der Waals surface area (Å²) in [5.74, 6) is -4.24. The first-order valence-corrected chi connectivity index (χ1v) is 7.78. The minimum absolute atomic E-state index is 0.0603. The summed E-state index contributed by atoms with van der Waals surface area (Å²) >= 11 is 0. The smallest absolute Gasteiger partial charge is 0.254 e. The molecule has 4 aliphatic heterocycles. The van der Waals surface area contributed by atoms with Crippen molar-refractivity contribution >= 4 is 5.91 Å². The standard InChI is InChI=1S/C19H24N2O/c22-19-16-6-2-4-14-3-1-5-15(18(14)16)11-21(19)17-12-20-9-7-13(17)8-10-20/h2,4,6,13,15,17H,1,3,5,7-12H2/t15-,17-/m1/s1/i1D2,3D2,5D2,11D2,15D,17D. The van der Waals surface area contributed by atoms with Crippen LogP contribution in [0.15, 0.2) is 18.2 Å². The van der Waals surface area contributed by atoms with Crippen LogP contribution in [-0.2, 0) is 6.37 Å². The monoisotopic (exact) mass is 306 g/mol. The highest BCUT2D eigenvalue weighted by atomic mass is 16.2. The maximum Gasteiger partial charge on any atom is 0.254 e. The Morgan fingerprint density at radius 1 is 1.27 bits per heavy atom. The van der Waals surface area contributed by atoms with Gasteiger partial charge in [-0.1, -0.05) is 12.1 Å². The van der Waals surface area contributed by atoms with Crippen LogP contribution in [0.3, 0.4) is 0 Å². The molecule has 1 amide bonds. The second kappa shape index (κ2) is 4.82. The average Bonchev–Trinajstić information content (AvgIpc) is 2.70. The molecule has 0 unspecified atom stereocenters. The molecular formula is C19H24N2O. The van der Waals surface area contributed by atoms with Crippen molar-refractivity contribution < 1.29 is 18.5 Å². The van der Waals surface area contributed by atoms with Crippen molar-refractivity contribution in [3.63, 3.8) is 0 Å². The van der Waals surface area contributed by atoms with Gasteiger partial charge in [-0.05, 0) is 68.2 Å². The van der Waals surface area contributed by atoms with Gasteiger partial charge in [0.1, 0.15) is 0 Å². The van der Waals surface area contributed by atoms with Crippen LogP contribution in [0.2, 0.25) is 0 Å². The summed E-state index contributed by atoms with van der Waals surface area (Å²) in [5, 5.41) is 0. The van der Waals surface area contributed by atoms with Gasteiger partial charge in [0.05, 0.1) is 4.11 Å². The van der Waals surface area contributed by atoms with E-state index in [4.69, 9.17) is 11.0 Å². The van der Waals surface area contributed by atoms with Gasteiger partial charge in [0.2, 0.25) is 0 Å². The molecule has 1 aromatic rings. The average molecular weight is 306 g/mol. The van der Waals surface area contributed by atoms with E-state index in [1.54, 1.807) is 0 Å². The first-order chi connectivity index (χ1) is 14.6. The normalized spacial score (nSPS) is 58.9. The maximum absolute atomic E-state index is 13.7. The van der Waals surface area contributed by atoms with Gasteiger partial charge < -0.3 is 9.80 Å². The molecule has 0 saturated carbocycles. The Morgan fingerprint density at radius 3 is 2.91 bits per heavy atom. The Kier molecular flexibility index (Phi) is 1.46. The molecule has 2 bridgehead atoms. The lowest BCUT2D eigenvalue weighted by molar-refractivity contribution is 0.00258. The van der Waals surface area contributed by atoms with Crippen molar-refractivity contribution in [2.45, 2.75) is 43.9 Å². The number of aryl methyl sites for hydroxylation is 1. The molecule has 22 heavy (non-hydrogen) atoms. The van der Waals surface area contributed by atoms with Gasteiger partial charge in [-0.15, -0.1) is 0 Å². The lowest BCUT2D eigenvalue weighted by Crippen LogP contribution is -2.60. The van der Waals surface area contributed by atoms with E-state index in [1.165, 1.54) is 18.2 Å². The van der Waals surface area contributed by atoms with E-state index >= 15 is 0 Å². The third kappa shape index (κ3) is 1.81. The highest BCUT2D eigenvalue weighted by Gasteiger charge is 2.43. The van der Waals surface area contributed by atoms with Crippen molar-refractivity contribution in [1.82, 2.24) is 9.80 Å². The number of nitrogens with zero attached hydrogens (tertiary/aromatic N) is 2. The summed E-state index contributed by atoms with van der Waals surface area (Å²) in [6.07, 6.45) is -8.41. The summed E-state index contributed by atoms with van der Waals surface area (Å²) in [7, 11) is 0. The summed E-state index contributed by atoms with van der Waals surface area (Å²) in [6, 6.07) is 2.08. The van der Waals surface area contributed by atoms with Gasteiger partial charge in [-0.2, -0.15) is 0 Å². The molecule has 6 rings (SSSR count). The zero-order valence-corrected chi connectivity index (χ0v) is 12.1. The second-order valence-corrected chi connectivity index (χ2v) is 6.27. The van der Waals surface area contributed by atoms with E-state index in [1.807, 2.05) is 4.90 Å². The number of piperidine rings is 3. The van der Waals surface area contributed by atoms with Crippen LogP contribution in [0.4, 0.5) is 0 Å². The molecular weight excluding hydrogens is 272 g/mol. The minimum Gasteiger partial charge on any atom is -0.333 e. The van der Waals surface area contributed by atoms with Crippen molar-refractivity contribution in [3.05, 3.63) is 34.9 Å². The zero-order valence-electron chi connectivity index (χ0n) is 22.1. The Hall–Kier alpha value is -1.35. The SMILES string of the molecule is [2H]C1([2H])c2cccc3c2[C@@]([2H])(C([2H])([2H])N([C@]2([2H])CN4CCC2CC4)C3=O)C([2H])([2H])C1([2H])[2H]. The molecule has 0 spiro atoms. The van der Waals surface area contributed by atoms with Crippen molar-refractivity contribution in [2.75, 3.05) is 26.1 Å². The highest BCUT2D eigenvalue weighted by molar-refractivity contribution is 5.97. The predicted octanol–water partition coefficient (Wildman–Crippen LogP) is 2.66. The number of fused-ring (bicyclic) bond motifs is 3. The van der Waals surface area contributed by atoms with Crippen molar-refractivity contribution in [3.8, 4) is 0 Å². The van der Waals surface area contributed by atoms with Crippen LogP contribution in [0.1, 0.15) is 66.7 Å². The lowest BCUT2D eigenvalue weighted by atomic mass is 9.75. The van der Waals surface area contributed by atoms with Crippen molar-refractivity contribution in [1.29, 1.82) is 0 Å². The third-order valence-corrected chi connectivity index (χ3v) is 5.09. The lowest BCUT2D eigenvalue weighted by Gasteiger charge is -2.51. The van der Waals surface area contributed by atoms with E-state index in [2.05, 4.69) is 0 Å². The van der Waals surface area contributed by atoms with Gasteiger partial charge in [-0.25, -0.2) is 0 Å². The first kappa shape index (κ1) is 6.64. The van der Waals surface area contributed by atoms with Gasteiger partial charge in [0, 0.05) is 40.1 Å². The summed E-state index contributed by atoms with van der Waals surface area (Å²) < 4.78 is 87.0. The Labute approximate surface area is 146 Å². The largest absolute Gasteiger partial charge is 0.333 e. The Bertz CT molecular complexity index is 1020. The maximum atomic E-state index is 13.7. The molecule has 2 atom stereocenters. The number of carbonyl (C=O) groups excluding carboxylic acids is 1. The molecule has 0 radical (unpaired) electrons. The zero-order chi connectivity index (χ0) is 23.7. The van der Waals surface area contributed by atoms with Gasteiger partial charge in [-0.3, -0.25) is 4.79 Å². The fourth-order valence-electron chi connectivity index (χ4n) is 3.93. The van der Waals surface area contributed by atoms with E-state index in [9.17, 15) is 7.54 Å². The van der Waals surface area contributed by atoms with Crippen LogP contribution >= 0.6 is 0 Å². The molecule has 1 aromatic carbocycles. The Morgan fingerprint density at radius 2 is 2.14 bits per heavy atom. The third-order valence-electron chi connectivity index (χ3n) is 5.09. The Balaban J connectivity index is 1.84. The molecule has 0 N–H and O–H groups in total. The first-order valence-electron chi connectivity index (χ1n) is 12.8. The van der Waals surface area contributed by atoms with Gasteiger partial charge in [0.25, 0.3) is 5.91 Å². The van der Waals surface area contributed by atoms with Gasteiger partial charge in [0.15, 0.2) is 0 Å². The number of hydrogen-bond acceptors (Lipinski definition) is 2. The molecule has 1 aliphatic carbocycles. The van der Waals surface area contributed by atoms with E-state index in [0.29, 0.717) is 30.8 Å². The summed E-state index contributed by atoms with van der Waals surface area (Å²) in [6.45, 7) is -1.62. The number of carbonyl (C=O) groups is 1. The molecule has 3 nitrogen and oxygen atoms in total.